The summed E-state index contributed by atoms with van der Waals surface area (Å²) in [6, 6.07) is 11.4. The van der Waals surface area contributed by atoms with Crippen LogP contribution < -0.4 is 11.1 Å². The molecule has 2 rings (SSSR count). The van der Waals surface area contributed by atoms with Gasteiger partial charge >= 0.3 is 0 Å². The van der Waals surface area contributed by atoms with Crippen LogP contribution in [0.2, 0.25) is 10.0 Å². The van der Waals surface area contributed by atoms with Crippen molar-refractivity contribution in [3.05, 3.63) is 57.6 Å². The third kappa shape index (κ3) is 2.89. The number of anilines is 2. The van der Waals surface area contributed by atoms with Crippen LogP contribution in [-0.2, 0) is 6.54 Å². The molecule has 0 atom stereocenters. The lowest BCUT2D eigenvalue weighted by atomic mass is 10.1. The van der Waals surface area contributed by atoms with Crippen LogP contribution in [-0.4, -0.2) is 0 Å². The average Bonchev–Trinajstić information content (AvgIpc) is 2.35. The molecule has 4 heteroatoms. The first-order valence-electron chi connectivity index (χ1n) is 5.61. The van der Waals surface area contributed by atoms with E-state index in [2.05, 4.69) is 5.32 Å². The molecule has 0 aliphatic rings. The van der Waals surface area contributed by atoms with E-state index in [1.54, 1.807) is 6.07 Å². The van der Waals surface area contributed by atoms with E-state index in [0.29, 0.717) is 16.6 Å². The van der Waals surface area contributed by atoms with Crippen molar-refractivity contribution in [1.82, 2.24) is 0 Å². The van der Waals surface area contributed by atoms with Crippen LogP contribution >= 0.6 is 23.2 Å². The summed E-state index contributed by atoms with van der Waals surface area (Å²) in [5, 5.41) is 4.47. The maximum absolute atomic E-state index is 5.97. The quantitative estimate of drug-likeness (QED) is 0.813. The average molecular weight is 281 g/mol. The topological polar surface area (TPSA) is 38.0 Å². The first-order chi connectivity index (χ1) is 8.58. The lowest BCUT2D eigenvalue weighted by molar-refractivity contribution is 1.14. The Bertz CT molecular complexity index is 568. The van der Waals surface area contributed by atoms with E-state index in [1.165, 1.54) is 0 Å². The molecule has 18 heavy (non-hydrogen) atoms. The molecule has 0 aliphatic heterocycles. The highest BCUT2D eigenvalue weighted by atomic mass is 35.5. The van der Waals surface area contributed by atoms with E-state index in [0.717, 1.165) is 22.5 Å². The molecule has 0 radical (unpaired) electrons. The zero-order valence-corrected chi connectivity index (χ0v) is 11.5. The molecule has 0 aliphatic carbocycles. The second-order valence-electron chi connectivity index (χ2n) is 4.12. The molecule has 2 nitrogen and oxygen atoms in total. The van der Waals surface area contributed by atoms with Crippen LogP contribution in [0, 0.1) is 6.92 Å². The molecule has 0 unspecified atom stereocenters. The fraction of sp³-hybridized carbons (Fsp3) is 0.143. The van der Waals surface area contributed by atoms with E-state index >= 15 is 0 Å². The Kier molecular flexibility index (Phi) is 4.00. The Morgan fingerprint density at radius 1 is 1.11 bits per heavy atom. The van der Waals surface area contributed by atoms with Crippen molar-refractivity contribution in [3.63, 3.8) is 0 Å². The van der Waals surface area contributed by atoms with E-state index < -0.39 is 0 Å². The maximum atomic E-state index is 5.97. The van der Waals surface area contributed by atoms with Crippen molar-refractivity contribution in [2.75, 3.05) is 11.1 Å². The molecule has 0 heterocycles. The molecular formula is C14H14Cl2N2. The van der Waals surface area contributed by atoms with Gasteiger partial charge in [-0.1, -0.05) is 35.3 Å². The van der Waals surface area contributed by atoms with Gasteiger partial charge in [0.1, 0.15) is 0 Å². The Balaban J connectivity index is 2.11. The fourth-order valence-electron chi connectivity index (χ4n) is 1.69. The van der Waals surface area contributed by atoms with Crippen LogP contribution in [0.3, 0.4) is 0 Å². The highest BCUT2D eigenvalue weighted by Gasteiger charge is 2.02. The largest absolute Gasteiger partial charge is 0.398 e. The number of hydrogen-bond donors (Lipinski definition) is 2. The van der Waals surface area contributed by atoms with Gasteiger partial charge in [-0.05, 0) is 42.3 Å². The molecule has 94 valence electrons. The van der Waals surface area contributed by atoms with Gasteiger partial charge in [-0.3, -0.25) is 0 Å². The van der Waals surface area contributed by atoms with Gasteiger partial charge in [0, 0.05) is 17.9 Å². The Morgan fingerprint density at radius 2 is 1.89 bits per heavy atom. The molecule has 0 aromatic heterocycles. The molecule has 0 bridgehead atoms. The molecule has 0 saturated heterocycles. The monoisotopic (exact) mass is 280 g/mol. The van der Waals surface area contributed by atoms with Gasteiger partial charge in [-0.15, -0.1) is 0 Å². The molecule has 0 amide bonds. The summed E-state index contributed by atoms with van der Waals surface area (Å²) < 4.78 is 0. The van der Waals surface area contributed by atoms with Gasteiger partial charge in [0.2, 0.25) is 0 Å². The van der Waals surface area contributed by atoms with Gasteiger partial charge in [-0.25, -0.2) is 0 Å². The highest BCUT2D eigenvalue weighted by molar-refractivity contribution is 6.42. The van der Waals surface area contributed by atoms with Crippen molar-refractivity contribution in [2.45, 2.75) is 13.5 Å². The number of rotatable bonds is 3. The van der Waals surface area contributed by atoms with Gasteiger partial charge in [0.15, 0.2) is 0 Å². The van der Waals surface area contributed by atoms with Crippen molar-refractivity contribution in [2.24, 2.45) is 0 Å². The summed E-state index contributed by atoms with van der Waals surface area (Å²) in [6.45, 7) is 2.67. The first kappa shape index (κ1) is 13.1. The van der Waals surface area contributed by atoms with Crippen molar-refractivity contribution >= 4 is 34.6 Å². The van der Waals surface area contributed by atoms with Crippen LogP contribution in [0.1, 0.15) is 11.1 Å². The zero-order chi connectivity index (χ0) is 13.1. The van der Waals surface area contributed by atoms with Gasteiger partial charge in [0.25, 0.3) is 0 Å². The number of benzene rings is 2. The minimum Gasteiger partial charge on any atom is -0.398 e. The third-order valence-electron chi connectivity index (χ3n) is 2.84. The standard InChI is InChI=1S/C14H14Cl2N2/c1-9-13(17)3-2-4-14(9)18-8-10-5-6-11(15)12(16)7-10/h2-7,18H,8,17H2,1H3. The lowest BCUT2D eigenvalue weighted by Gasteiger charge is -2.11. The number of nitrogen functional groups attached to an aromatic ring is 1. The summed E-state index contributed by atoms with van der Waals surface area (Å²) in [7, 11) is 0. The number of halogens is 2. The second kappa shape index (κ2) is 5.51. The van der Waals surface area contributed by atoms with Gasteiger partial charge in [-0.2, -0.15) is 0 Å². The van der Waals surface area contributed by atoms with Crippen LogP contribution in [0.15, 0.2) is 36.4 Å². The van der Waals surface area contributed by atoms with Crippen molar-refractivity contribution < 1.29 is 0 Å². The summed E-state index contributed by atoms with van der Waals surface area (Å²) in [6.07, 6.45) is 0. The van der Waals surface area contributed by atoms with Crippen molar-refractivity contribution in [3.8, 4) is 0 Å². The summed E-state index contributed by atoms with van der Waals surface area (Å²) in [5.74, 6) is 0. The SMILES string of the molecule is Cc1c(N)cccc1NCc1ccc(Cl)c(Cl)c1. The fourth-order valence-corrected chi connectivity index (χ4v) is 2.01. The third-order valence-corrected chi connectivity index (χ3v) is 3.58. The Hall–Kier alpha value is -1.38. The molecule has 2 aromatic carbocycles. The molecule has 0 fully saturated rings. The summed E-state index contributed by atoms with van der Waals surface area (Å²) in [4.78, 5) is 0. The van der Waals surface area contributed by atoms with E-state index in [1.807, 2.05) is 37.3 Å². The van der Waals surface area contributed by atoms with Gasteiger partial charge < -0.3 is 11.1 Å². The van der Waals surface area contributed by atoms with E-state index in [-0.39, 0.29) is 0 Å². The van der Waals surface area contributed by atoms with Crippen LogP contribution in [0.5, 0.6) is 0 Å². The Morgan fingerprint density at radius 3 is 2.61 bits per heavy atom. The normalized spacial score (nSPS) is 10.4. The van der Waals surface area contributed by atoms with Crippen LogP contribution in [0.25, 0.3) is 0 Å². The smallest absolute Gasteiger partial charge is 0.0595 e. The van der Waals surface area contributed by atoms with E-state index in [9.17, 15) is 0 Å². The molecule has 0 spiro atoms. The lowest BCUT2D eigenvalue weighted by Crippen LogP contribution is -2.02. The number of hydrogen-bond acceptors (Lipinski definition) is 2. The van der Waals surface area contributed by atoms with Crippen molar-refractivity contribution in [1.29, 1.82) is 0 Å². The predicted octanol–water partition coefficient (Wildman–Crippen LogP) is 4.50. The highest BCUT2D eigenvalue weighted by Crippen LogP contribution is 2.24. The summed E-state index contributed by atoms with van der Waals surface area (Å²) in [5.41, 5.74) is 9.80. The van der Waals surface area contributed by atoms with E-state index in [4.69, 9.17) is 28.9 Å². The minimum absolute atomic E-state index is 0.570. The van der Waals surface area contributed by atoms with Crippen LogP contribution in [0.4, 0.5) is 11.4 Å². The summed E-state index contributed by atoms with van der Waals surface area (Å²) >= 11 is 11.8. The molecule has 0 saturated carbocycles. The zero-order valence-electron chi connectivity index (χ0n) is 10.0. The second-order valence-corrected chi connectivity index (χ2v) is 4.94. The first-order valence-corrected chi connectivity index (χ1v) is 6.36. The predicted molar refractivity (Wildman–Crippen MR) is 79.4 cm³/mol. The Labute approximate surface area is 117 Å². The molecular weight excluding hydrogens is 267 g/mol. The molecule has 2 aromatic rings. The number of nitrogens with one attached hydrogen (secondary N) is 1. The molecule has 3 N–H and O–H groups in total. The minimum atomic E-state index is 0.570. The maximum Gasteiger partial charge on any atom is 0.0595 e. The van der Waals surface area contributed by atoms with Gasteiger partial charge in [0.05, 0.1) is 10.0 Å². The number of nitrogens with two attached hydrogens (primary N) is 1.